The minimum atomic E-state index is -0.803. The summed E-state index contributed by atoms with van der Waals surface area (Å²) in [4.78, 5) is 27.4. The highest BCUT2D eigenvalue weighted by atomic mass is 79.9. The Morgan fingerprint density at radius 1 is 1.14 bits per heavy atom. The van der Waals surface area contributed by atoms with Crippen molar-refractivity contribution in [3.05, 3.63) is 28.2 Å². The quantitative estimate of drug-likeness (QED) is 0.723. The van der Waals surface area contributed by atoms with Gasteiger partial charge in [0.25, 0.3) is 0 Å². The van der Waals surface area contributed by atoms with Crippen molar-refractivity contribution in [3.63, 3.8) is 0 Å². The maximum atomic E-state index is 14.0. The number of hydrogen-bond acceptors (Lipinski definition) is 2. The van der Waals surface area contributed by atoms with Crippen molar-refractivity contribution in [1.29, 1.82) is 0 Å². The van der Waals surface area contributed by atoms with Crippen LogP contribution < -0.4 is 4.90 Å². The van der Waals surface area contributed by atoms with E-state index in [4.69, 9.17) is 0 Å². The first-order valence-electron chi connectivity index (χ1n) is 6.74. The van der Waals surface area contributed by atoms with Crippen LogP contribution in [0.2, 0.25) is 0 Å². The predicted octanol–water partition coefficient (Wildman–Crippen LogP) is 2.46. The minimum absolute atomic E-state index is 0.00910. The van der Waals surface area contributed by atoms with Crippen molar-refractivity contribution >= 4 is 33.4 Å². The zero-order chi connectivity index (χ0) is 15.1. The van der Waals surface area contributed by atoms with Crippen LogP contribution in [0, 0.1) is 11.6 Å². The first kappa shape index (κ1) is 14.4. The Morgan fingerprint density at radius 2 is 1.90 bits per heavy atom. The fourth-order valence-corrected chi connectivity index (χ4v) is 3.25. The van der Waals surface area contributed by atoms with Crippen molar-refractivity contribution in [2.24, 2.45) is 0 Å². The van der Waals surface area contributed by atoms with Crippen LogP contribution in [0.15, 0.2) is 16.6 Å². The molecule has 1 aromatic rings. The highest BCUT2D eigenvalue weighted by Crippen LogP contribution is 2.31. The average Bonchev–Trinajstić information content (AvgIpc) is 2.89. The number of amides is 2. The smallest absolute Gasteiger partial charge is 0.249 e. The second-order valence-corrected chi connectivity index (χ2v) is 6.06. The molecule has 0 aromatic heterocycles. The number of hydrogen-bond donors (Lipinski definition) is 0. The standard InChI is InChI=1S/C14H13BrF2N2O2/c15-8-6-12(10(17)7-9(8)16)19-5-3-13(20)18-4-1-2-11(18)14(19)21/h6-7,11H,1-5H2. The molecule has 4 nitrogen and oxygen atoms in total. The summed E-state index contributed by atoms with van der Waals surface area (Å²) in [7, 11) is 0. The van der Waals surface area contributed by atoms with E-state index in [1.807, 2.05) is 0 Å². The van der Waals surface area contributed by atoms with Gasteiger partial charge in [-0.2, -0.15) is 0 Å². The van der Waals surface area contributed by atoms with Gasteiger partial charge in [0, 0.05) is 25.6 Å². The predicted molar refractivity (Wildman–Crippen MR) is 75.8 cm³/mol. The van der Waals surface area contributed by atoms with Crippen LogP contribution in [0.4, 0.5) is 14.5 Å². The third-order valence-corrected chi connectivity index (χ3v) is 4.56. The van der Waals surface area contributed by atoms with Crippen LogP contribution in [-0.4, -0.2) is 35.8 Å². The normalized spacial score (nSPS) is 22.5. The lowest BCUT2D eigenvalue weighted by Crippen LogP contribution is -2.44. The van der Waals surface area contributed by atoms with E-state index < -0.39 is 17.7 Å². The van der Waals surface area contributed by atoms with E-state index in [9.17, 15) is 18.4 Å². The number of nitrogens with zero attached hydrogens (tertiary/aromatic N) is 2. The Labute approximate surface area is 128 Å². The van der Waals surface area contributed by atoms with Gasteiger partial charge in [-0.1, -0.05) is 0 Å². The maximum absolute atomic E-state index is 14.0. The molecule has 3 rings (SSSR count). The Balaban J connectivity index is 2.00. The number of carbonyl (C=O) groups is 2. The summed E-state index contributed by atoms with van der Waals surface area (Å²) >= 11 is 3.00. The molecule has 21 heavy (non-hydrogen) atoms. The summed E-state index contributed by atoms with van der Waals surface area (Å²) < 4.78 is 27.4. The molecule has 2 aliphatic heterocycles. The molecule has 7 heteroatoms. The SMILES string of the molecule is O=C1C2CCCN2C(=O)CCN1c1cc(Br)c(F)cc1F. The second kappa shape index (κ2) is 5.36. The van der Waals surface area contributed by atoms with Crippen LogP contribution >= 0.6 is 15.9 Å². The van der Waals surface area contributed by atoms with Gasteiger partial charge in [0.2, 0.25) is 11.8 Å². The van der Waals surface area contributed by atoms with Gasteiger partial charge in [-0.25, -0.2) is 8.78 Å². The molecule has 1 atom stereocenters. The van der Waals surface area contributed by atoms with Gasteiger partial charge in [0.05, 0.1) is 10.2 Å². The number of rotatable bonds is 1. The monoisotopic (exact) mass is 358 g/mol. The molecular weight excluding hydrogens is 346 g/mol. The first-order chi connectivity index (χ1) is 9.99. The molecule has 2 fully saturated rings. The lowest BCUT2D eigenvalue weighted by Gasteiger charge is -2.25. The molecule has 2 saturated heterocycles. The van der Waals surface area contributed by atoms with E-state index in [0.717, 1.165) is 12.5 Å². The fraction of sp³-hybridized carbons (Fsp3) is 0.429. The Morgan fingerprint density at radius 3 is 2.67 bits per heavy atom. The van der Waals surface area contributed by atoms with Crippen LogP contribution in [-0.2, 0) is 9.59 Å². The number of halogens is 3. The molecule has 0 spiro atoms. The van der Waals surface area contributed by atoms with Gasteiger partial charge in [0.1, 0.15) is 17.7 Å². The third kappa shape index (κ3) is 2.43. The lowest BCUT2D eigenvalue weighted by atomic mass is 10.1. The van der Waals surface area contributed by atoms with Gasteiger partial charge >= 0.3 is 0 Å². The zero-order valence-corrected chi connectivity index (χ0v) is 12.7. The summed E-state index contributed by atoms with van der Waals surface area (Å²) in [6.45, 7) is 0.679. The van der Waals surface area contributed by atoms with Crippen LogP contribution in [0.5, 0.6) is 0 Å². The van der Waals surface area contributed by atoms with E-state index in [1.165, 1.54) is 11.0 Å². The van der Waals surface area contributed by atoms with Crippen molar-refractivity contribution < 1.29 is 18.4 Å². The average molecular weight is 359 g/mol. The maximum Gasteiger partial charge on any atom is 0.249 e. The van der Waals surface area contributed by atoms with E-state index >= 15 is 0 Å². The molecule has 2 aliphatic rings. The van der Waals surface area contributed by atoms with Gasteiger partial charge < -0.3 is 9.80 Å². The zero-order valence-electron chi connectivity index (χ0n) is 11.1. The van der Waals surface area contributed by atoms with E-state index in [1.54, 1.807) is 4.90 Å². The molecule has 2 heterocycles. The van der Waals surface area contributed by atoms with Gasteiger partial charge in [-0.05, 0) is 34.8 Å². The fourth-order valence-electron chi connectivity index (χ4n) is 2.92. The van der Waals surface area contributed by atoms with E-state index in [0.29, 0.717) is 13.0 Å². The Hall–Kier alpha value is -1.50. The van der Waals surface area contributed by atoms with Crippen molar-refractivity contribution in [2.75, 3.05) is 18.0 Å². The van der Waals surface area contributed by atoms with Gasteiger partial charge in [0.15, 0.2) is 0 Å². The number of fused-ring (bicyclic) bond motifs is 1. The van der Waals surface area contributed by atoms with Gasteiger partial charge in [-0.15, -0.1) is 0 Å². The molecule has 112 valence electrons. The third-order valence-electron chi connectivity index (χ3n) is 3.95. The van der Waals surface area contributed by atoms with Crippen molar-refractivity contribution in [3.8, 4) is 0 Å². The van der Waals surface area contributed by atoms with E-state index in [2.05, 4.69) is 15.9 Å². The minimum Gasteiger partial charge on any atom is -0.331 e. The summed E-state index contributed by atoms with van der Waals surface area (Å²) in [5.74, 6) is -1.91. The topological polar surface area (TPSA) is 40.6 Å². The highest BCUT2D eigenvalue weighted by molar-refractivity contribution is 9.10. The van der Waals surface area contributed by atoms with E-state index in [-0.39, 0.29) is 34.9 Å². The highest BCUT2D eigenvalue weighted by Gasteiger charge is 2.40. The van der Waals surface area contributed by atoms with Crippen LogP contribution in [0.3, 0.4) is 0 Å². The molecule has 0 saturated carbocycles. The number of anilines is 1. The molecule has 1 aromatic carbocycles. The molecule has 0 N–H and O–H groups in total. The van der Waals surface area contributed by atoms with Crippen LogP contribution in [0.1, 0.15) is 19.3 Å². The first-order valence-corrected chi connectivity index (χ1v) is 7.53. The Kier molecular flexibility index (Phi) is 3.69. The van der Waals surface area contributed by atoms with Crippen molar-refractivity contribution in [2.45, 2.75) is 25.3 Å². The molecule has 0 radical (unpaired) electrons. The number of carbonyl (C=O) groups excluding carboxylic acids is 2. The van der Waals surface area contributed by atoms with Crippen molar-refractivity contribution in [1.82, 2.24) is 4.90 Å². The molecular formula is C14H13BrF2N2O2. The summed E-state index contributed by atoms with van der Waals surface area (Å²) in [6.07, 6.45) is 1.51. The van der Waals surface area contributed by atoms with Crippen LogP contribution in [0.25, 0.3) is 0 Å². The lowest BCUT2D eigenvalue weighted by molar-refractivity contribution is -0.135. The molecule has 2 amide bonds. The second-order valence-electron chi connectivity index (χ2n) is 5.20. The largest absolute Gasteiger partial charge is 0.331 e. The summed E-state index contributed by atoms with van der Waals surface area (Å²) in [5.41, 5.74) is 0.00910. The number of benzene rings is 1. The summed E-state index contributed by atoms with van der Waals surface area (Å²) in [6, 6.07) is 1.46. The molecule has 0 bridgehead atoms. The summed E-state index contributed by atoms with van der Waals surface area (Å²) in [5, 5.41) is 0. The molecule has 0 aliphatic carbocycles. The Bertz CT molecular complexity index is 623. The van der Waals surface area contributed by atoms with Gasteiger partial charge in [-0.3, -0.25) is 9.59 Å². The molecule has 1 unspecified atom stereocenters.